The number of carboxylic acids is 1. The van der Waals surface area contributed by atoms with Crippen molar-refractivity contribution in [2.75, 3.05) is 13.1 Å². The summed E-state index contributed by atoms with van der Waals surface area (Å²) in [5.74, 6) is -0.446. The topological polar surface area (TPSA) is 78.0 Å². The molecule has 3 rings (SSSR count). The molecule has 0 bridgehead atoms. The highest BCUT2D eigenvalue weighted by molar-refractivity contribution is 5.75. The van der Waals surface area contributed by atoms with E-state index in [1.54, 1.807) is 6.33 Å². The molecule has 3 N–H and O–H groups in total. The van der Waals surface area contributed by atoms with E-state index in [1.807, 2.05) is 6.07 Å². The van der Waals surface area contributed by atoms with E-state index >= 15 is 0 Å². The second kappa shape index (κ2) is 5.01. The zero-order valence-electron chi connectivity index (χ0n) is 10.6. The van der Waals surface area contributed by atoms with Gasteiger partial charge >= 0.3 is 5.97 Å². The number of rotatable bonds is 6. The van der Waals surface area contributed by atoms with Gasteiger partial charge in [-0.25, -0.2) is 4.98 Å². The molecule has 0 amide bonds. The van der Waals surface area contributed by atoms with Crippen LogP contribution in [0.3, 0.4) is 0 Å². The summed E-state index contributed by atoms with van der Waals surface area (Å²) in [6, 6.07) is 6.21. The number of aromatic nitrogens is 2. The van der Waals surface area contributed by atoms with Crippen molar-refractivity contribution >= 4 is 17.0 Å². The Bertz CT molecular complexity index is 593. The molecule has 2 atom stereocenters. The Morgan fingerprint density at radius 3 is 3.21 bits per heavy atom. The number of nitrogens with zero attached hydrogens (tertiary/aromatic N) is 1. The van der Waals surface area contributed by atoms with E-state index in [9.17, 15) is 4.79 Å². The minimum absolute atomic E-state index is 0.117. The molecule has 2 unspecified atom stereocenters. The first-order valence-corrected chi connectivity index (χ1v) is 6.59. The van der Waals surface area contributed by atoms with Crippen LogP contribution in [0.15, 0.2) is 24.5 Å². The van der Waals surface area contributed by atoms with Gasteiger partial charge in [0.05, 0.1) is 23.3 Å². The lowest BCUT2D eigenvalue weighted by Gasteiger charge is -2.04. The van der Waals surface area contributed by atoms with Gasteiger partial charge < -0.3 is 15.4 Å². The van der Waals surface area contributed by atoms with Gasteiger partial charge in [-0.15, -0.1) is 0 Å². The third-order valence-electron chi connectivity index (χ3n) is 3.72. The van der Waals surface area contributed by atoms with Crippen molar-refractivity contribution in [3.8, 4) is 0 Å². The Morgan fingerprint density at radius 2 is 2.42 bits per heavy atom. The molecule has 1 aliphatic rings. The predicted octanol–water partition coefficient (Wildman–Crippen LogP) is 1.42. The molecule has 1 heterocycles. The Balaban J connectivity index is 1.44. The molecule has 1 aromatic carbocycles. The molecule has 0 radical (unpaired) electrons. The van der Waals surface area contributed by atoms with Crippen molar-refractivity contribution in [2.24, 2.45) is 11.8 Å². The van der Waals surface area contributed by atoms with Gasteiger partial charge in [-0.3, -0.25) is 4.79 Å². The maximum Gasteiger partial charge on any atom is 0.306 e. The summed E-state index contributed by atoms with van der Waals surface area (Å²) in [7, 11) is 0. The molecule has 100 valence electrons. The molecule has 2 aromatic rings. The number of fused-ring (bicyclic) bond motifs is 1. The van der Waals surface area contributed by atoms with Gasteiger partial charge in [-0.05, 0) is 49.5 Å². The molecule has 0 spiro atoms. The highest BCUT2D eigenvalue weighted by Crippen LogP contribution is 2.37. The number of benzene rings is 1. The average molecular weight is 259 g/mol. The highest BCUT2D eigenvalue weighted by atomic mass is 16.4. The van der Waals surface area contributed by atoms with E-state index in [2.05, 4.69) is 27.4 Å². The number of aromatic amines is 1. The van der Waals surface area contributed by atoms with E-state index in [-0.39, 0.29) is 5.92 Å². The summed E-state index contributed by atoms with van der Waals surface area (Å²) < 4.78 is 0. The number of imidazole rings is 1. The van der Waals surface area contributed by atoms with Crippen LogP contribution in [0.4, 0.5) is 0 Å². The highest BCUT2D eigenvalue weighted by Gasteiger charge is 2.42. The maximum atomic E-state index is 10.7. The molecule has 0 aliphatic heterocycles. The van der Waals surface area contributed by atoms with Crippen molar-refractivity contribution in [1.29, 1.82) is 0 Å². The largest absolute Gasteiger partial charge is 0.481 e. The van der Waals surface area contributed by atoms with Gasteiger partial charge in [0, 0.05) is 0 Å². The van der Waals surface area contributed by atoms with Gasteiger partial charge in [-0.1, -0.05) is 6.07 Å². The minimum Gasteiger partial charge on any atom is -0.481 e. The second-order valence-electron chi connectivity index (χ2n) is 5.15. The fourth-order valence-corrected chi connectivity index (χ4v) is 2.43. The summed E-state index contributed by atoms with van der Waals surface area (Å²) in [4.78, 5) is 18.0. The Morgan fingerprint density at radius 1 is 1.53 bits per heavy atom. The molecule has 1 aromatic heterocycles. The quantitative estimate of drug-likeness (QED) is 0.685. The monoisotopic (exact) mass is 259 g/mol. The fraction of sp³-hybridized carbons (Fsp3) is 0.429. The molecular formula is C14H17N3O2. The van der Waals surface area contributed by atoms with E-state index < -0.39 is 5.97 Å². The van der Waals surface area contributed by atoms with Crippen LogP contribution in [-0.2, 0) is 11.2 Å². The second-order valence-corrected chi connectivity index (χ2v) is 5.15. The number of carbonyl (C=O) groups is 1. The van der Waals surface area contributed by atoms with Gasteiger partial charge in [0.15, 0.2) is 0 Å². The van der Waals surface area contributed by atoms with Gasteiger partial charge in [0.1, 0.15) is 0 Å². The van der Waals surface area contributed by atoms with Gasteiger partial charge in [-0.2, -0.15) is 0 Å². The minimum atomic E-state index is -0.656. The Kier molecular flexibility index (Phi) is 3.21. The Labute approximate surface area is 111 Å². The zero-order valence-corrected chi connectivity index (χ0v) is 10.6. The van der Waals surface area contributed by atoms with Crippen LogP contribution in [0.5, 0.6) is 0 Å². The molecule has 5 nitrogen and oxygen atoms in total. The lowest BCUT2D eigenvalue weighted by molar-refractivity contribution is -0.138. The Hall–Kier alpha value is -1.88. The first-order valence-electron chi connectivity index (χ1n) is 6.59. The molecule has 5 heteroatoms. The fourth-order valence-electron chi connectivity index (χ4n) is 2.43. The van der Waals surface area contributed by atoms with Crippen LogP contribution in [0.2, 0.25) is 0 Å². The molecule has 1 fully saturated rings. The van der Waals surface area contributed by atoms with E-state index in [4.69, 9.17) is 5.11 Å². The molecule has 1 saturated carbocycles. The summed E-state index contributed by atoms with van der Waals surface area (Å²) in [6.45, 7) is 1.69. The molecule has 1 aliphatic carbocycles. The standard InChI is InChI=1S/C14H17N3O2/c18-14(19)11-6-10(11)7-15-4-3-9-1-2-12-13(5-9)17-8-16-12/h1-2,5,8,10-11,15H,3-4,6-7H2,(H,16,17)(H,18,19). The third kappa shape index (κ3) is 2.76. The van der Waals surface area contributed by atoms with E-state index in [1.165, 1.54) is 5.56 Å². The first kappa shape index (κ1) is 12.2. The van der Waals surface area contributed by atoms with E-state index in [0.29, 0.717) is 5.92 Å². The SMILES string of the molecule is O=C(O)C1CC1CNCCc1ccc2nc[nH]c2c1. The number of nitrogens with one attached hydrogen (secondary N) is 2. The van der Waals surface area contributed by atoms with Crippen LogP contribution in [-0.4, -0.2) is 34.1 Å². The zero-order chi connectivity index (χ0) is 13.2. The average Bonchev–Trinajstić information content (AvgIpc) is 3.03. The number of hydrogen-bond acceptors (Lipinski definition) is 3. The van der Waals surface area contributed by atoms with Crippen molar-refractivity contribution in [3.05, 3.63) is 30.1 Å². The first-order chi connectivity index (χ1) is 9.24. The van der Waals surface area contributed by atoms with Crippen LogP contribution in [0, 0.1) is 11.8 Å². The lowest BCUT2D eigenvalue weighted by atomic mass is 10.1. The summed E-state index contributed by atoms with van der Waals surface area (Å²) in [5.41, 5.74) is 3.31. The van der Waals surface area contributed by atoms with Crippen LogP contribution in [0.1, 0.15) is 12.0 Å². The van der Waals surface area contributed by atoms with Crippen molar-refractivity contribution in [2.45, 2.75) is 12.8 Å². The number of H-pyrrole nitrogens is 1. The van der Waals surface area contributed by atoms with Crippen molar-refractivity contribution in [3.63, 3.8) is 0 Å². The third-order valence-corrected chi connectivity index (χ3v) is 3.72. The number of hydrogen-bond donors (Lipinski definition) is 3. The van der Waals surface area contributed by atoms with Gasteiger partial charge in [0.2, 0.25) is 0 Å². The predicted molar refractivity (Wildman–Crippen MR) is 71.9 cm³/mol. The van der Waals surface area contributed by atoms with Gasteiger partial charge in [0.25, 0.3) is 0 Å². The summed E-state index contributed by atoms with van der Waals surface area (Å²) >= 11 is 0. The maximum absolute atomic E-state index is 10.7. The molecular weight excluding hydrogens is 242 g/mol. The molecule has 0 saturated heterocycles. The van der Waals surface area contributed by atoms with Crippen LogP contribution >= 0.6 is 0 Å². The van der Waals surface area contributed by atoms with Crippen molar-refractivity contribution in [1.82, 2.24) is 15.3 Å². The van der Waals surface area contributed by atoms with Crippen molar-refractivity contribution < 1.29 is 9.90 Å². The van der Waals surface area contributed by atoms with E-state index in [0.717, 1.165) is 37.0 Å². The lowest BCUT2D eigenvalue weighted by Crippen LogP contribution is -2.21. The number of aliphatic carboxylic acids is 1. The summed E-state index contributed by atoms with van der Waals surface area (Å²) in [5, 5.41) is 12.1. The normalized spacial score (nSPS) is 21.7. The smallest absolute Gasteiger partial charge is 0.306 e. The van der Waals surface area contributed by atoms with Crippen LogP contribution < -0.4 is 5.32 Å². The number of carboxylic acid groups (broad SMARTS) is 1. The van der Waals surface area contributed by atoms with Crippen LogP contribution in [0.25, 0.3) is 11.0 Å². The summed E-state index contributed by atoms with van der Waals surface area (Å²) in [6.07, 6.45) is 3.47. The molecule has 19 heavy (non-hydrogen) atoms.